The van der Waals surface area contributed by atoms with Crippen molar-refractivity contribution in [1.29, 1.82) is 5.26 Å². The molecular weight excluding hydrogens is 541 g/mol. The summed E-state index contributed by atoms with van der Waals surface area (Å²) in [6.07, 6.45) is 1.83. The van der Waals surface area contributed by atoms with Crippen LogP contribution in [0.4, 0.5) is 0 Å². The Labute approximate surface area is 211 Å². The van der Waals surface area contributed by atoms with E-state index in [1.54, 1.807) is 25.3 Å². The number of nitriles is 1. The molecule has 0 aliphatic heterocycles. The molecule has 168 valence electrons. The molecule has 0 radical (unpaired) electrons. The number of rotatable bonds is 7. The van der Waals surface area contributed by atoms with E-state index in [4.69, 9.17) is 9.47 Å². The van der Waals surface area contributed by atoms with Gasteiger partial charge in [0.15, 0.2) is 11.5 Å². The number of halogens is 1. The van der Waals surface area contributed by atoms with Crippen LogP contribution < -0.4 is 9.47 Å². The first-order chi connectivity index (χ1) is 16.5. The zero-order valence-corrected chi connectivity index (χ0v) is 20.4. The monoisotopic (exact) mass is 561 g/mol. The number of aromatic carboxylic acids is 1. The highest BCUT2D eigenvalue weighted by Crippen LogP contribution is 2.36. The Bertz CT molecular complexity index is 1450. The summed E-state index contributed by atoms with van der Waals surface area (Å²) in [5.41, 5.74) is 3.15. The zero-order valence-electron chi connectivity index (χ0n) is 18.3. The summed E-state index contributed by atoms with van der Waals surface area (Å²) in [4.78, 5) is 11.2. The molecule has 0 aromatic heterocycles. The minimum absolute atomic E-state index is 0.198. The fourth-order valence-corrected chi connectivity index (χ4v) is 4.40. The second-order valence-electron chi connectivity index (χ2n) is 7.56. The van der Waals surface area contributed by atoms with E-state index in [1.807, 2.05) is 66.7 Å². The molecule has 4 aromatic carbocycles. The molecule has 0 saturated carbocycles. The standard InChI is InChI=1S/C28H20INO4/c1-33-26-14-19(12-24(16-30)22-10-9-20-6-2-3-7-21(20)15-22)13-25(29)27(26)34-17-18-5-4-8-23(11-18)28(31)32/h2-15H,17H2,1H3,(H,31,32)/b24-12-. The van der Waals surface area contributed by atoms with Crippen LogP contribution in [0, 0.1) is 14.9 Å². The lowest BCUT2D eigenvalue weighted by Gasteiger charge is -2.14. The number of benzene rings is 4. The molecule has 6 heteroatoms. The highest BCUT2D eigenvalue weighted by atomic mass is 127. The van der Waals surface area contributed by atoms with Gasteiger partial charge in [0.2, 0.25) is 0 Å². The fraction of sp³-hybridized carbons (Fsp3) is 0.0714. The van der Waals surface area contributed by atoms with Crippen LogP contribution in [-0.2, 0) is 6.61 Å². The molecule has 0 heterocycles. The molecule has 0 aliphatic carbocycles. The topological polar surface area (TPSA) is 79.5 Å². The Morgan fingerprint density at radius 3 is 2.53 bits per heavy atom. The van der Waals surface area contributed by atoms with E-state index in [2.05, 4.69) is 28.7 Å². The van der Waals surface area contributed by atoms with Crippen molar-refractivity contribution in [3.05, 3.63) is 105 Å². The van der Waals surface area contributed by atoms with E-state index in [0.29, 0.717) is 17.1 Å². The molecule has 0 aliphatic rings. The van der Waals surface area contributed by atoms with E-state index < -0.39 is 5.97 Å². The predicted molar refractivity (Wildman–Crippen MR) is 141 cm³/mol. The van der Waals surface area contributed by atoms with Gasteiger partial charge in [-0.15, -0.1) is 0 Å². The third kappa shape index (κ3) is 5.21. The van der Waals surface area contributed by atoms with E-state index in [-0.39, 0.29) is 12.2 Å². The smallest absolute Gasteiger partial charge is 0.335 e. The quantitative estimate of drug-likeness (QED) is 0.153. The van der Waals surface area contributed by atoms with E-state index in [0.717, 1.165) is 31.0 Å². The lowest BCUT2D eigenvalue weighted by atomic mass is 10.00. The normalized spacial score (nSPS) is 11.1. The number of hydrogen-bond donors (Lipinski definition) is 1. The van der Waals surface area contributed by atoms with Gasteiger partial charge in [-0.2, -0.15) is 5.26 Å². The van der Waals surface area contributed by atoms with E-state index in [1.165, 1.54) is 0 Å². The minimum atomic E-state index is -0.982. The minimum Gasteiger partial charge on any atom is -0.493 e. The Balaban J connectivity index is 1.62. The molecule has 5 nitrogen and oxygen atoms in total. The fourth-order valence-electron chi connectivity index (χ4n) is 3.62. The third-order valence-corrected chi connectivity index (χ3v) is 6.10. The molecule has 1 N–H and O–H groups in total. The molecule has 0 spiro atoms. The average Bonchev–Trinajstić information content (AvgIpc) is 2.86. The third-order valence-electron chi connectivity index (χ3n) is 5.30. The maximum Gasteiger partial charge on any atom is 0.335 e. The van der Waals surface area contributed by atoms with E-state index in [9.17, 15) is 15.2 Å². The summed E-state index contributed by atoms with van der Waals surface area (Å²) in [5.74, 6) is 0.110. The molecule has 0 fully saturated rings. The van der Waals surface area contributed by atoms with Crippen LogP contribution in [0.1, 0.15) is 27.0 Å². The number of methoxy groups -OCH3 is 1. The molecular formula is C28H20INO4. The van der Waals surface area contributed by atoms with Crippen LogP contribution in [0.25, 0.3) is 22.4 Å². The van der Waals surface area contributed by atoms with Gasteiger partial charge < -0.3 is 14.6 Å². The first-order valence-electron chi connectivity index (χ1n) is 10.4. The van der Waals surface area contributed by atoms with Crippen molar-refractivity contribution in [2.24, 2.45) is 0 Å². The highest BCUT2D eigenvalue weighted by Gasteiger charge is 2.13. The number of ether oxygens (including phenoxy) is 2. The van der Waals surface area contributed by atoms with Gasteiger partial charge in [-0.25, -0.2) is 4.79 Å². The summed E-state index contributed by atoms with van der Waals surface area (Å²) in [6, 6.07) is 26.7. The summed E-state index contributed by atoms with van der Waals surface area (Å²) in [6.45, 7) is 0.198. The van der Waals surface area contributed by atoms with Crippen molar-refractivity contribution >= 4 is 51.0 Å². The van der Waals surface area contributed by atoms with Gasteiger partial charge in [-0.1, -0.05) is 48.5 Å². The Morgan fingerprint density at radius 1 is 1.00 bits per heavy atom. The number of carboxylic acids is 1. The molecule has 4 aromatic rings. The molecule has 4 rings (SSSR count). The van der Waals surface area contributed by atoms with Gasteiger partial charge in [0, 0.05) is 0 Å². The van der Waals surface area contributed by atoms with E-state index >= 15 is 0 Å². The van der Waals surface area contributed by atoms with Crippen molar-refractivity contribution in [3.8, 4) is 17.6 Å². The number of nitrogens with zero attached hydrogens (tertiary/aromatic N) is 1. The lowest BCUT2D eigenvalue weighted by Crippen LogP contribution is -2.02. The highest BCUT2D eigenvalue weighted by molar-refractivity contribution is 14.1. The summed E-state index contributed by atoms with van der Waals surface area (Å²) in [7, 11) is 1.56. The number of carbonyl (C=O) groups is 1. The van der Waals surface area contributed by atoms with Crippen LogP contribution in [0.2, 0.25) is 0 Å². The maximum atomic E-state index is 11.2. The van der Waals surface area contributed by atoms with Crippen LogP contribution >= 0.6 is 22.6 Å². The van der Waals surface area contributed by atoms with Gasteiger partial charge >= 0.3 is 5.97 Å². The van der Waals surface area contributed by atoms with Gasteiger partial charge in [0.1, 0.15) is 6.61 Å². The van der Waals surface area contributed by atoms with Crippen molar-refractivity contribution in [3.63, 3.8) is 0 Å². The van der Waals surface area contributed by atoms with Crippen LogP contribution in [-0.4, -0.2) is 18.2 Å². The zero-order chi connectivity index (χ0) is 24.1. The van der Waals surface area contributed by atoms with Crippen LogP contribution in [0.15, 0.2) is 78.9 Å². The first-order valence-corrected chi connectivity index (χ1v) is 11.5. The van der Waals surface area contributed by atoms with Gasteiger partial charge in [0.25, 0.3) is 0 Å². The lowest BCUT2D eigenvalue weighted by molar-refractivity contribution is 0.0696. The largest absolute Gasteiger partial charge is 0.493 e. The summed E-state index contributed by atoms with van der Waals surface area (Å²) >= 11 is 2.17. The number of carboxylic acid groups (broad SMARTS) is 1. The second-order valence-corrected chi connectivity index (χ2v) is 8.72. The SMILES string of the molecule is COc1cc(/C=C(/C#N)c2ccc3ccccc3c2)cc(I)c1OCc1cccc(C(=O)O)c1. The molecule has 0 unspecified atom stereocenters. The Kier molecular flexibility index (Phi) is 7.14. The summed E-state index contributed by atoms with van der Waals surface area (Å²) in [5, 5.41) is 21.2. The maximum absolute atomic E-state index is 11.2. The second kappa shape index (κ2) is 10.4. The number of hydrogen-bond acceptors (Lipinski definition) is 4. The average molecular weight is 561 g/mol. The predicted octanol–water partition coefficient (Wildman–Crippen LogP) is 6.79. The van der Waals surface area contributed by atoms with Gasteiger partial charge in [-0.05, 0) is 86.5 Å². The van der Waals surface area contributed by atoms with Crippen LogP contribution in [0.5, 0.6) is 11.5 Å². The molecule has 0 amide bonds. The van der Waals surface area contributed by atoms with Crippen molar-refractivity contribution in [2.75, 3.05) is 7.11 Å². The van der Waals surface area contributed by atoms with Crippen LogP contribution in [0.3, 0.4) is 0 Å². The summed E-state index contributed by atoms with van der Waals surface area (Å²) < 4.78 is 12.4. The first kappa shape index (κ1) is 23.3. The Morgan fingerprint density at radius 2 is 1.79 bits per heavy atom. The molecule has 0 saturated heterocycles. The number of fused-ring (bicyclic) bond motifs is 1. The van der Waals surface area contributed by atoms with Gasteiger partial charge in [0.05, 0.1) is 27.9 Å². The Hall–Kier alpha value is -3.83. The number of allylic oxidation sites excluding steroid dienone is 1. The van der Waals surface area contributed by atoms with Crippen molar-refractivity contribution < 1.29 is 19.4 Å². The molecule has 0 atom stereocenters. The van der Waals surface area contributed by atoms with Crippen molar-refractivity contribution in [1.82, 2.24) is 0 Å². The van der Waals surface area contributed by atoms with Gasteiger partial charge in [-0.3, -0.25) is 0 Å². The molecule has 0 bridgehead atoms. The molecule has 34 heavy (non-hydrogen) atoms. The van der Waals surface area contributed by atoms with Crippen molar-refractivity contribution in [2.45, 2.75) is 6.61 Å².